The largest absolute Gasteiger partial charge is 0.416 e. The van der Waals surface area contributed by atoms with Crippen LogP contribution in [0, 0.1) is 0 Å². The van der Waals surface area contributed by atoms with E-state index in [1.807, 2.05) is 16.8 Å². The van der Waals surface area contributed by atoms with Crippen LogP contribution in [-0.2, 0) is 23.9 Å². The molecule has 0 aliphatic rings. The van der Waals surface area contributed by atoms with Crippen LogP contribution in [-0.4, -0.2) is 17.9 Å². The van der Waals surface area contributed by atoms with Gasteiger partial charge in [0.1, 0.15) is 0 Å². The van der Waals surface area contributed by atoms with E-state index in [0.29, 0.717) is 24.9 Å². The molecule has 0 aliphatic carbocycles. The Kier molecular flexibility index (Phi) is 5.24. The number of alkyl halides is 3. The fraction of sp³-hybridized carbons (Fsp3) is 0.312. The highest BCUT2D eigenvalue weighted by atomic mass is 32.1. The minimum absolute atomic E-state index is 0.0221. The molecular formula is C16H16F3NOS. The number of rotatable bonds is 5. The molecule has 0 bridgehead atoms. The molecule has 1 aromatic carbocycles. The zero-order valence-corrected chi connectivity index (χ0v) is 12.9. The van der Waals surface area contributed by atoms with Gasteiger partial charge in [0.15, 0.2) is 0 Å². The summed E-state index contributed by atoms with van der Waals surface area (Å²) in [6.45, 7) is 0.306. The fourth-order valence-electron chi connectivity index (χ4n) is 2.04. The predicted octanol–water partition coefficient (Wildman–Crippen LogP) is 4.36. The lowest BCUT2D eigenvalue weighted by atomic mass is 10.1. The van der Waals surface area contributed by atoms with E-state index in [2.05, 4.69) is 0 Å². The SMILES string of the molecule is CN(Cc1ccc(C(F)(F)F)cc1)C(=O)CCc1ccsc1. The van der Waals surface area contributed by atoms with Gasteiger partial charge in [-0.1, -0.05) is 12.1 Å². The van der Waals surface area contributed by atoms with Crippen LogP contribution in [0.2, 0.25) is 0 Å². The molecule has 0 saturated heterocycles. The van der Waals surface area contributed by atoms with Gasteiger partial charge in [-0.25, -0.2) is 0 Å². The molecule has 2 rings (SSSR count). The number of hydrogen-bond acceptors (Lipinski definition) is 2. The van der Waals surface area contributed by atoms with E-state index in [9.17, 15) is 18.0 Å². The lowest BCUT2D eigenvalue weighted by Gasteiger charge is -2.17. The van der Waals surface area contributed by atoms with Crippen molar-refractivity contribution in [2.24, 2.45) is 0 Å². The monoisotopic (exact) mass is 327 g/mol. The maximum atomic E-state index is 12.5. The van der Waals surface area contributed by atoms with Gasteiger partial charge in [0, 0.05) is 20.0 Å². The third-order valence-corrected chi connectivity index (χ3v) is 4.07. The first kappa shape index (κ1) is 16.5. The number of carbonyl (C=O) groups is 1. The molecule has 0 unspecified atom stereocenters. The molecule has 0 fully saturated rings. The normalized spacial score (nSPS) is 11.5. The average Bonchev–Trinajstić information content (AvgIpc) is 2.97. The number of nitrogens with zero attached hydrogens (tertiary/aromatic N) is 1. The van der Waals surface area contributed by atoms with Crippen molar-refractivity contribution in [3.8, 4) is 0 Å². The lowest BCUT2D eigenvalue weighted by molar-refractivity contribution is -0.137. The van der Waals surface area contributed by atoms with Gasteiger partial charge < -0.3 is 4.90 Å². The first-order valence-electron chi connectivity index (χ1n) is 6.77. The topological polar surface area (TPSA) is 20.3 Å². The second-order valence-corrected chi connectivity index (χ2v) is 5.86. The molecule has 22 heavy (non-hydrogen) atoms. The summed E-state index contributed by atoms with van der Waals surface area (Å²) in [5, 5.41) is 3.97. The Hall–Kier alpha value is -1.82. The van der Waals surface area contributed by atoms with Gasteiger partial charge in [0.25, 0.3) is 0 Å². The van der Waals surface area contributed by atoms with Crippen molar-refractivity contribution in [1.82, 2.24) is 4.90 Å². The number of halogens is 3. The molecule has 1 heterocycles. The summed E-state index contributed by atoms with van der Waals surface area (Å²) in [6.07, 6.45) is -3.26. The third kappa shape index (κ3) is 4.59. The van der Waals surface area contributed by atoms with Gasteiger partial charge in [-0.3, -0.25) is 4.79 Å². The molecule has 0 saturated carbocycles. The molecule has 0 N–H and O–H groups in total. The summed E-state index contributed by atoms with van der Waals surface area (Å²) in [7, 11) is 1.66. The molecule has 0 spiro atoms. The molecule has 1 aromatic heterocycles. The lowest BCUT2D eigenvalue weighted by Crippen LogP contribution is -2.26. The van der Waals surface area contributed by atoms with E-state index in [0.717, 1.165) is 17.7 Å². The van der Waals surface area contributed by atoms with Crippen LogP contribution in [0.1, 0.15) is 23.1 Å². The van der Waals surface area contributed by atoms with Gasteiger partial charge in [0.05, 0.1) is 5.56 Å². The number of aryl methyl sites for hydroxylation is 1. The van der Waals surface area contributed by atoms with Gasteiger partial charge in [-0.15, -0.1) is 0 Å². The van der Waals surface area contributed by atoms with Crippen LogP contribution < -0.4 is 0 Å². The quantitative estimate of drug-likeness (QED) is 0.799. The van der Waals surface area contributed by atoms with Crippen molar-refractivity contribution in [2.75, 3.05) is 7.05 Å². The number of benzene rings is 1. The summed E-state index contributed by atoms with van der Waals surface area (Å²) in [5.41, 5.74) is 1.13. The van der Waals surface area contributed by atoms with Crippen molar-refractivity contribution >= 4 is 17.2 Å². The molecule has 0 radical (unpaired) electrons. The number of thiophene rings is 1. The van der Waals surface area contributed by atoms with Crippen molar-refractivity contribution in [3.05, 3.63) is 57.8 Å². The van der Waals surface area contributed by atoms with E-state index in [4.69, 9.17) is 0 Å². The van der Waals surface area contributed by atoms with Crippen LogP contribution >= 0.6 is 11.3 Å². The Labute approximate surface area is 131 Å². The van der Waals surface area contributed by atoms with Crippen molar-refractivity contribution in [1.29, 1.82) is 0 Å². The number of hydrogen-bond donors (Lipinski definition) is 0. The van der Waals surface area contributed by atoms with Crippen LogP contribution in [0.3, 0.4) is 0 Å². The highest BCUT2D eigenvalue weighted by molar-refractivity contribution is 7.07. The van der Waals surface area contributed by atoms with E-state index in [1.54, 1.807) is 18.4 Å². The van der Waals surface area contributed by atoms with E-state index in [1.165, 1.54) is 17.0 Å². The molecule has 0 aliphatic heterocycles. The maximum Gasteiger partial charge on any atom is 0.416 e. The molecule has 0 atom stereocenters. The average molecular weight is 327 g/mol. The first-order chi connectivity index (χ1) is 10.4. The fourth-order valence-corrected chi connectivity index (χ4v) is 2.74. The summed E-state index contributed by atoms with van der Waals surface area (Å²) < 4.78 is 37.4. The summed E-state index contributed by atoms with van der Waals surface area (Å²) >= 11 is 1.59. The molecule has 118 valence electrons. The summed E-state index contributed by atoms with van der Waals surface area (Å²) in [4.78, 5) is 13.6. The predicted molar refractivity (Wildman–Crippen MR) is 80.6 cm³/mol. The summed E-state index contributed by atoms with van der Waals surface area (Å²) in [5.74, 6) is -0.0221. The second-order valence-electron chi connectivity index (χ2n) is 5.08. The molecular weight excluding hydrogens is 311 g/mol. The Balaban J connectivity index is 1.88. The molecule has 2 aromatic rings. The van der Waals surface area contributed by atoms with Crippen LogP contribution in [0.5, 0.6) is 0 Å². The smallest absolute Gasteiger partial charge is 0.341 e. The highest BCUT2D eigenvalue weighted by Crippen LogP contribution is 2.29. The van der Waals surface area contributed by atoms with E-state index >= 15 is 0 Å². The minimum atomic E-state index is -4.33. The highest BCUT2D eigenvalue weighted by Gasteiger charge is 2.29. The zero-order valence-electron chi connectivity index (χ0n) is 12.1. The Bertz CT molecular complexity index is 605. The van der Waals surface area contributed by atoms with Gasteiger partial charge in [-0.05, 0) is 46.5 Å². The second kappa shape index (κ2) is 6.96. The third-order valence-electron chi connectivity index (χ3n) is 3.33. The Morgan fingerprint density at radius 3 is 2.36 bits per heavy atom. The van der Waals surface area contributed by atoms with Crippen molar-refractivity contribution < 1.29 is 18.0 Å². The molecule has 2 nitrogen and oxygen atoms in total. The van der Waals surface area contributed by atoms with Gasteiger partial charge in [-0.2, -0.15) is 24.5 Å². The number of carbonyl (C=O) groups excluding carboxylic acids is 1. The van der Waals surface area contributed by atoms with Crippen LogP contribution in [0.4, 0.5) is 13.2 Å². The Morgan fingerprint density at radius 1 is 1.14 bits per heavy atom. The first-order valence-corrected chi connectivity index (χ1v) is 7.72. The Morgan fingerprint density at radius 2 is 1.82 bits per heavy atom. The van der Waals surface area contributed by atoms with Crippen LogP contribution in [0.15, 0.2) is 41.1 Å². The zero-order chi connectivity index (χ0) is 16.2. The maximum absolute atomic E-state index is 12.5. The molecule has 6 heteroatoms. The van der Waals surface area contributed by atoms with Gasteiger partial charge >= 0.3 is 6.18 Å². The number of amides is 1. The standard InChI is InChI=1S/C16H16F3NOS/c1-20(15(21)7-4-13-8-9-22-11-13)10-12-2-5-14(6-3-12)16(17,18)19/h2-3,5-6,8-9,11H,4,7,10H2,1H3. The minimum Gasteiger partial charge on any atom is -0.341 e. The van der Waals surface area contributed by atoms with Crippen molar-refractivity contribution in [2.45, 2.75) is 25.6 Å². The van der Waals surface area contributed by atoms with E-state index < -0.39 is 11.7 Å². The summed E-state index contributed by atoms with van der Waals surface area (Å²) in [6, 6.07) is 6.88. The molecule has 1 amide bonds. The van der Waals surface area contributed by atoms with Crippen molar-refractivity contribution in [3.63, 3.8) is 0 Å². The van der Waals surface area contributed by atoms with Crippen LogP contribution in [0.25, 0.3) is 0 Å². The van der Waals surface area contributed by atoms with E-state index in [-0.39, 0.29) is 5.91 Å². The van der Waals surface area contributed by atoms with Gasteiger partial charge in [0.2, 0.25) is 5.91 Å².